The zero-order valence-electron chi connectivity index (χ0n) is 20.9. The predicted molar refractivity (Wildman–Crippen MR) is 130 cm³/mol. The van der Waals surface area contributed by atoms with E-state index < -0.39 is 17.0 Å². The summed E-state index contributed by atoms with van der Waals surface area (Å²) >= 11 is 0. The zero-order valence-corrected chi connectivity index (χ0v) is 23.3. The monoisotopic (exact) mass is 645 g/mol. The minimum atomic E-state index is -0.883. The largest absolute Gasteiger partial charge is 0.512 e. The number of pyridine rings is 1. The van der Waals surface area contributed by atoms with Crippen molar-refractivity contribution in [3.05, 3.63) is 77.1 Å². The van der Waals surface area contributed by atoms with E-state index in [9.17, 15) is 18.7 Å². The third kappa shape index (κ3) is 8.10. The molecular weight excluding hydrogens is 613 g/mol. The number of allylic oxidation sites excluding steroid dienone is 2. The number of aliphatic hydroxyl groups is 1. The number of aliphatic hydroxyl groups excluding tert-OH is 1. The van der Waals surface area contributed by atoms with Gasteiger partial charge in [0, 0.05) is 48.5 Å². The maximum Gasteiger partial charge on any atom is 0.164 e. The molecule has 1 radical (unpaired) electrons. The second kappa shape index (κ2) is 11.3. The number of nitrogens with zero attached hydrogens (tertiary/aromatic N) is 1. The molecule has 34 heavy (non-hydrogen) atoms. The number of halogens is 2. The van der Waals surface area contributed by atoms with Gasteiger partial charge >= 0.3 is 0 Å². The molecule has 3 rings (SSSR count). The predicted octanol–water partition coefficient (Wildman–Crippen LogP) is 7.68. The summed E-state index contributed by atoms with van der Waals surface area (Å²) in [5.74, 6) is -1.64. The van der Waals surface area contributed by atoms with Crippen molar-refractivity contribution in [2.75, 3.05) is 0 Å². The number of rotatable bonds is 2. The van der Waals surface area contributed by atoms with Gasteiger partial charge in [-0.1, -0.05) is 67.5 Å². The van der Waals surface area contributed by atoms with Crippen LogP contribution < -0.4 is 0 Å². The molecule has 0 aliphatic carbocycles. The molecule has 3 nitrogen and oxygen atoms in total. The number of aromatic nitrogens is 1. The maximum atomic E-state index is 13.3. The Kier molecular flexibility index (Phi) is 9.86. The molecule has 0 amide bonds. The fourth-order valence-corrected chi connectivity index (χ4v) is 2.86. The normalized spacial score (nSPS) is 12.0. The third-order valence-corrected chi connectivity index (χ3v) is 4.93. The van der Waals surface area contributed by atoms with Gasteiger partial charge in [0.2, 0.25) is 0 Å². The average Bonchev–Trinajstić information content (AvgIpc) is 2.66. The van der Waals surface area contributed by atoms with E-state index in [0.29, 0.717) is 16.6 Å². The molecule has 0 saturated carbocycles. The van der Waals surface area contributed by atoms with Crippen LogP contribution >= 0.6 is 0 Å². The van der Waals surface area contributed by atoms with Crippen LogP contribution in [0, 0.1) is 42.4 Å². The summed E-state index contributed by atoms with van der Waals surface area (Å²) in [6.07, 6.45) is 1.33. The summed E-state index contributed by atoms with van der Waals surface area (Å²) in [6.45, 7) is 15.1. The molecule has 0 aliphatic heterocycles. The smallest absolute Gasteiger partial charge is 0.164 e. The molecule has 1 heterocycles. The van der Waals surface area contributed by atoms with Crippen molar-refractivity contribution in [3.8, 4) is 11.3 Å². The number of hydrogen-bond acceptors (Lipinski definition) is 3. The van der Waals surface area contributed by atoms with Crippen molar-refractivity contribution in [1.82, 2.24) is 4.98 Å². The molecule has 2 aromatic carbocycles. The summed E-state index contributed by atoms with van der Waals surface area (Å²) in [6, 6.07) is 13.0. The molecule has 0 unspecified atom stereocenters. The fourth-order valence-electron chi connectivity index (χ4n) is 2.86. The topological polar surface area (TPSA) is 50.2 Å². The summed E-state index contributed by atoms with van der Waals surface area (Å²) in [4.78, 5) is 15.9. The van der Waals surface area contributed by atoms with Crippen LogP contribution in [0.2, 0.25) is 0 Å². The SMILES string of the molecule is CC(C)(C)C(=O)/C=C(\O)C(C)(C)C.Cc1[c-]c(-c2ccc3cc(F)c(F)cc3n2)cc(C)c1.[Ir]. The van der Waals surface area contributed by atoms with E-state index in [1.54, 1.807) is 12.1 Å². The maximum absolute atomic E-state index is 13.3. The summed E-state index contributed by atoms with van der Waals surface area (Å²) in [7, 11) is 0. The number of carbonyl (C=O) groups is 1. The molecule has 0 bridgehead atoms. The molecule has 0 fully saturated rings. The van der Waals surface area contributed by atoms with Crippen LogP contribution in [-0.2, 0) is 24.9 Å². The number of aryl methyl sites for hydroxylation is 2. The van der Waals surface area contributed by atoms with Gasteiger partial charge in [-0.25, -0.2) is 8.78 Å². The molecule has 1 aromatic heterocycles. The Morgan fingerprint density at radius 2 is 1.53 bits per heavy atom. The van der Waals surface area contributed by atoms with E-state index in [-0.39, 0.29) is 37.1 Å². The van der Waals surface area contributed by atoms with Crippen molar-refractivity contribution in [3.63, 3.8) is 0 Å². The van der Waals surface area contributed by atoms with Gasteiger partial charge in [0.1, 0.15) is 5.76 Å². The third-order valence-electron chi connectivity index (χ3n) is 4.93. The number of hydrogen-bond donors (Lipinski definition) is 1. The number of carbonyl (C=O) groups excluding carboxylic acids is 1. The van der Waals surface area contributed by atoms with Crippen LogP contribution in [0.4, 0.5) is 8.78 Å². The first-order valence-corrected chi connectivity index (χ1v) is 10.8. The Bertz CT molecular complexity index is 1190. The first kappa shape index (κ1) is 29.6. The number of fused-ring (bicyclic) bond motifs is 1. The van der Waals surface area contributed by atoms with Crippen LogP contribution in [0.15, 0.2) is 48.2 Å². The molecule has 1 N–H and O–H groups in total. The van der Waals surface area contributed by atoms with Crippen molar-refractivity contribution in [1.29, 1.82) is 0 Å². The average molecular weight is 645 g/mol. The summed E-state index contributed by atoms with van der Waals surface area (Å²) in [5, 5.41) is 10.1. The van der Waals surface area contributed by atoms with Gasteiger partial charge in [0.25, 0.3) is 0 Å². The quantitative estimate of drug-likeness (QED) is 0.177. The van der Waals surface area contributed by atoms with Gasteiger partial charge in [-0.2, -0.15) is 0 Å². The Labute approximate surface area is 214 Å². The Morgan fingerprint density at radius 1 is 0.941 bits per heavy atom. The van der Waals surface area contributed by atoms with Crippen LogP contribution in [0.1, 0.15) is 52.7 Å². The van der Waals surface area contributed by atoms with E-state index in [2.05, 4.69) is 11.1 Å². The second-order valence-electron chi connectivity index (χ2n) is 10.3. The Morgan fingerprint density at radius 3 is 2.06 bits per heavy atom. The van der Waals surface area contributed by atoms with Crippen LogP contribution in [-0.4, -0.2) is 15.9 Å². The second-order valence-corrected chi connectivity index (χ2v) is 10.3. The zero-order chi connectivity index (χ0) is 25.1. The Hall–Kier alpha value is -2.43. The first-order chi connectivity index (χ1) is 15.1. The van der Waals surface area contributed by atoms with Gasteiger partial charge in [0.05, 0.1) is 5.52 Å². The van der Waals surface area contributed by atoms with Crippen LogP contribution in [0.3, 0.4) is 0 Å². The molecule has 0 saturated heterocycles. The van der Waals surface area contributed by atoms with Gasteiger partial charge in [-0.3, -0.25) is 9.78 Å². The minimum Gasteiger partial charge on any atom is -0.512 e. The fraction of sp³-hybridized carbons (Fsp3) is 0.357. The first-order valence-electron chi connectivity index (χ1n) is 10.8. The van der Waals surface area contributed by atoms with E-state index in [1.807, 2.05) is 67.5 Å². The van der Waals surface area contributed by atoms with Gasteiger partial charge < -0.3 is 5.11 Å². The van der Waals surface area contributed by atoms with Gasteiger partial charge in [0.15, 0.2) is 17.4 Å². The molecule has 0 aliphatic rings. The summed E-state index contributed by atoms with van der Waals surface area (Å²) in [5.41, 5.74) is 3.37. The van der Waals surface area contributed by atoms with E-state index in [1.165, 1.54) is 6.08 Å². The molecule has 0 spiro atoms. The van der Waals surface area contributed by atoms with E-state index in [4.69, 9.17) is 0 Å². The Balaban J connectivity index is 0.000000364. The van der Waals surface area contributed by atoms with E-state index >= 15 is 0 Å². The van der Waals surface area contributed by atoms with E-state index in [0.717, 1.165) is 28.8 Å². The van der Waals surface area contributed by atoms with Gasteiger partial charge in [-0.15, -0.1) is 34.9 Å². The van der Waals surface area contributed by atoms with Crippen molar-refractivity contribution in [2.24, 2.45) is 10.8 Å². The van der Waals surface area contributed by atoms with Crippen molar-refractivity contribution in [2.45, 2.75) is 55.4 Å². The van der Waals surface area contributed by atoms with Gasteiger partial charge in [-0.05, 0) is 11.8 Å². The number of ketones is 1. The van der Waals surface area contributed by atoms with Crippen molar-refractivity contribution >= 4 is 16.7 Å². The molecule has 3 aromatic rings. The number of benzene rings is 2. The molecule has 0 atom stereocenters. The summed E-state index contributed by atoms with van der Waals surface area (Å²) < 4.78 is 26.5. The van der Waals surface area contributed by atoms with Crippen LogP contribution in [0.5, 0.6) is 0 Å². The minimum absolute atomic E-state index is 0. The van der Waals surface area contributed by atoms with Crippen molar-refractivity contribution < 1.29 is 38.8 Å². The molecule has 185 valence electrons. The van der Waals surface area contributed by atoms with Crippen LogP contribution in [0.25, 0.3) is 22.2 Å². The molecule has 6 heteroatoms. The molecular formula is C28H32F2IrNO2-. The standard InChI is InChI=1S/C17H12F2N.C11H20O2.Ir/c1-10-5-11(2)7-13(6-10)16-4-3-12-8-14(18)15(19)9-17(12)20-16;1-10(2,3)8(12)7-9(13)11(4,5)6;/h3-6,8-9H,1-2H3;7,12H,1-6H3;/q-1;;/b;8-7-;.